The number of nitrogens with one attached hydrogen (secondary N) is 1. The van der Waals surface area contributed by atoms with Crippen LogP contribution in [0.5, 0.6) is 0 Å². The number of nitrogens with two attached hydrogens (primary N) is 1. The van der Waals surface area contributed by atoms with Crippen LogP contribution in [0.15, 0.2) is 60.9 Å². The van der Waals surface area contributed by atoms with Crippen molar-refractivity contribution in [2.45, 2.75) is 50.6 Å². The van der Waals surface area contributed by atoms with Crippen molar-refractivity contribution >= 4 is 27.8 Å². The van der Waals surface area contributed by atoms with Crippen molar-refractivity contribution in [3.05, 3.63) is 72.2 Å². The maximum atomic E-state index is 6.48. The summed E-state index contributed by atoms with van der Waals surface area (Å²) in [6.07, 6.45) is 8.12. The van der Waals surface area contributed by atoms with Gasteiger partial charge in [0.05, 0.1) is 11.4 Å². The number of hydrogen-bond acceptors (Lipinski definition) is 7. The lowest BCUT2D eigenvalue weighted by molar-refractivity contribution is 0.0662. The zero-order valence-electron chi connectivity index (χ0n) is 25.1. The molecule has 1 aliphatic heterocycles. The number of methoxy groups -OCH3 is 1. The van der Waals surface area contributed by atoms with Crippen molar-refractivity contribution in [2.24, 2.45) is 0 Å². The van der Waals surface area contributed by atoms with Crippen LogP contribution >= 0.6 is 0 Å². The molecule has 2 fully saturated rings. The van der Waals surface area contributed by atoms with Gasteiger partial charge in [-0.25, -0.2) is 14.6 Å². The molecule has 9 nitrogen and oxygen atoms in total. The molecule has 1 saturated carbocycles. The topological polar surface area (TPSA) is 101 Å². The van der Waals surface area contributed by atoms with Gasteiger partial charge in [-0.05, 0) is 55.9 Å². The molecule has 3 N–H and O–H groups in total. The quantitative estimate of drug-likeness (QED) is 0.229. The van der Waals surface area contributed by atoms with Crippen LogP contribution in [0.25, 0.3) is 33.2 Å². The Labute approximate surface area is 253 Å². The lowest BCUT2D eigenvalue weighted by atomic mass is 9.90. The second-order valence-corrected chi connectivity index (χ2v) is 12.2. The first-order valence-corrected chi connectivity index (χ1v) is 15.8. The Balaban J connectivity index is 1.08. The molecule has 4 heterocycles. The standard InChI is InChI=1S/C34H42N8O/c1-43-19-5-14-40-15-17-41(18-16-40)28-9-11-29(12-10-28)42-34-31(33(35)36-23-37-34)32(39-42)25-8-13-30-26(21-25)22-27(38-30)20-24-6-3-2-4-7-24/h2-4,6-8,13,21-23,28-29,38H,5,9-12,14-20H2,1H3,(H2,35,36,37). The van der Waals surface area contributed by atoms with E-state index in [1.807, 2.05) is 0 Å². The fraction of sp³-hybridized carbons (Fsp3) is 0.441. The van der Waals surface area contributed by atoms with E-state index >= 15 is 0 Å². The second kappa shape index (κ2) is 12.4. The number of nitrogens with zero attached hydrogens (tertiary/aromatic N) is 6. The van der Waals surface area contributed by atoms with Crippen LogP contribution in [0, 0.1) is 0 Å². The Hall–Kier alpha value is -3.79. The average Bonchev–Trinajstić information content (AvgIpc) is 3.64. The lowest BCUT2D eigenvalue weighted by Gasteiger charge is -2.42. The molecular weight excluding hydrogens is 536 g/mol. The predicted octanol–water partition coefficient (Wildman–Crippen LogP) is 5.29. The molecule has 2 aromatic carbocycles. The molecule has 5 aromatic rings. The maximum Gasteiger partial charge on any atom is 0.164 e. The largest absolute Gasteiger partial charge is 0.385 e. The third kappa shape index (κ3) is 5.89. The molecule has 1 saturated heterocycles. The first-order valence-electron chi connectivity index (χ1n) is 15.8. The molecule has 0 amide bonds. The van der Waals surface area contributed by atoms with Crippen LogP contribution in [0.1, 0.15) is 49.4 Å². The molecule has 43 heavy (non-hydrogen) atoms. The van der Waals surface area contributed by atoms with Gasteiger partial charge in [-0.1, -0.05) is 36.4 Å². The van der Waals surface area contributed by atoms with Crippen molar-refractivity contribution in [2.75, 3.05) is 52.2 Å². The van der Waals surface area contributed by atoms with E-state index < -0.39 is 0 Å². The Morgan fingerprint density at radius 1 is 0.930 bits per heavy atom. The molecule has 9 heteroatoms. The van der Waals surface area contributed by atoms with E-state index in [1.165, 1.54) is 29.5 Å². The van der Waals surface area contributed by atoms with E-state index in [1.54, 1.807) is 13.4 Å². The molecule has 2 aliphatic rings. The van der Waals surface area contributed by atoms with Crippen molar-refractivity contribution in [1.82, 2.24) is 34.5 Å². The van der Waals surface area contributed by atoms with Gasteiger partial charge in [0.1, 0.15) is 17.8 Å². The summed E-state index contributed by atoms with van der Waals surface area (Å²) in [5.74, 6) is 0.488. The Kier molecular flexibility index (Phi) is 8.10. The number of hydrogen-bond donors (Lipinski definition) is 2. The molecule has 0 bridgehead atoms. The smallest absolute Gasteiger partial charge is 0.164 e. The number of aromatic nitrogens is 5. The lowest BCUT2D eigenvalue weighted by Crippen LogP contribution is -2.51. The second-order valence-electron chi connectivity index (χ2n) is 12.2. The summed E-state index contributed by atoms with van der Waals surface area (Å²) in [7, 11) is 1.79. The fourth-order valence-electron chi connectivity index (χ4n) is 7.16. The normalized spacial score (nSPS) is 20.3. The number of piperazine rings is 1. The highest BCUT2D eigenvalue weighted by Gasteiger charge is 2.31. The molecular formula is C34H42N8O. The van der Waals surface area contributed by atoms with Crippen molar-refractivity contribution in [3.63, 3.8) is 0 Å². The number of fused-ring (bicyclic) bond motifs is 2. The van der Waals surface area contributed by atoms with Gasteiger partial charge in [-0.3, -0.25) is 4.90 Å². The Morgan fingerprint density at radius 2 is 1.72 bits per heavy atom. The van der Waals surface area contributed by atoms with Crippen molar-refractivity contribution in [3.8, 4) is 11.3 Å². The third-order valence-corrected chi connectivity index (χ3v) is 9.46. The number of benzene rings is 2. The third-order valence-electron chi connectivity index (χ3n) is 9.46. The molecule has 0 radical (unpaired) electrons. The summed E-state index contributed by atoms with van der Waals surface area (Å²) in [5.41, 5.74) is 12.8. The minimum Gasteiger partial charge on any atom is -0.385 e. The van der Waals surface area contributed by atoms with Gasteiger partial charge in [0, 0.05) is 81.1 Å². The zero-order chi connectivity index (χ0) is 29.2. The predicted molar refractivity (Wildman–Crippen MR) is 172 cm³/mol. The summed E-state index contributed by atoms with van der Waals surface area (Å²) in [5, 5.41) is 7.22. The number of anilines is 1. The van der Waals surface area contributed by atoms with Gasteiger partial charge >= 0.3 is 0 Å². The van der Waals surface area contributed by atoms with Crippen LogP contribution in [0.2, 0.25) is 0 Å². The van der Waals surface area contributed by atoms with E-state index in [4.69, 9.17) is 20.6 Å². The van der Waals surface area contributed by atoms with Gasteiger partial charge in [-0.2, -0.15) is 5.10 Å². The van der Waals surface area contributed by atoms with E-state index in [0.29, 0.717) is 17.9 Å². The summed E-state index contributed by atoms with van der Waals surface area (Å²) < 4.78 is 7.38. The van der Waals surface area contributed by atoms with Gasteiger partial charge in [-0.15, -0.1) is 0 Å². The molecule has 3 aromatic heterocycles. The first kappa shape index (κ1) is 28.0. The van der Waals surface area contributed by atoms with E-state index in [9.17, 15) is 0 Å². The Morgan fingerprint density at radius 3 is 2.51 bits per heavy atom. The SMILES string of the molecule is COCCCN1CCN(C2CCC(n3nc(-c4ccc5[nH]c(Cc6ccccc6)cc5c4)c4c(N)ncnc43)CC2)CC1. The molecule has 0 spiro atoms. The van der Waals surface area contributed by atoms with Crippen LogP contribution in [-0.4, -0.2) is 87.0 Å². The van der Waals surface area contributed by atoms with E-state index in [0.717, 1.165) is 92.8 Å². The first-order chi connectivity index (χ1) is 21.2. The number of nitrogen functional groups attached to an aromatic ring is 1. The zero-order valence-corrected chi connectivity index (χ0v) is 25.1. The number of rotatable bonds is 9. The minimum absolute atomic E-state index is 0.311. The van der Waals surface area contributed by atoms with E-state index in [-0.39, 0.29) is 0 Å². The van der Waals surface area contributed by atoms with Crippen LogP contribution in [0.3, 0.4) is 0 Å². The molecule has 1 aliphatic carbocycles. The molecule has 0 atom stereocenters. The fourth-order valence-corrected chi connectivity index (χ4v) is 7.16. The molecule has 224 valence electrons. The highest BCUT2D eigenvalue weighted by atomic mass is 16.5. The summed E-state index contributed by atoms with van der Waals surface area (Å²) in [4.78, 5) is 17.9. The van der Waals surface area contributed by atoms with Gasteiger partial charge < -0.3 is 20.4 Å². The van der Waals surface area contributed by atoms with Crippen molar-refractivity contribution in [1.29, 1.82) is 0 Å². The highest BCUT2D eigenvalue weighted by molar-refractivity contribution is 6.00. The molecule has 7 rings (SSSR count). The number of aromatic amines is 1. The molecule has 0 unspecified atom stereocenters. The highest BCUT2D eigenvalue weighted by Crippen LogP contribution is 2.38. The number of ether oxygens (including phenoxy) is 1. The van der Waals surface area contributed by atoms with Gasteiger partial charge in [0.2, 0.25) is 0 Å². The van der Waals surface area contributed by atoms with Crippen LogP contribution < -0.4 is 5.73 Å². The van der Waals surface area contributed by atoms with Crippen LogP contribution in [-0.2, 0) is 11.2 Å². The average molecular weight is 579 g/mol. The monoisotopic (exact) mass is 578 g/mol. The van der Waals surface area contributed by atoms with E-state index in [2.05, 4.69) is 79.0 Å². The van der Waals surface area contributed by atoms with Gasteiger partial charge in [0.25, 0.3) is 0 Å². The summed E-state index contributed by atoms with van der Waals surface area (Å²) >= 11 is 0. The van der Waals surface area contributed by atoms with Crippen LogP contribution in [0.4, 0.5) is 5.82 Å². The van der Waals surface area contributed by atoms with Crippen molar-refractivity contribution < 1.29 is 4.74 Å². The summed E-state index contributed by atoms with van der Waals surface area (Å²) in [6, 6.07) is 20.3. The van der Waals surface area contributed by atoms with Gasteiger partial charge in [0.15, 0.2) is 5.65 Å². The Bertz CT molecular complexity index is 1660. The maximum absolute atomic E-state index is 6.48. The minimum atomic E-state index is 0.311. The summed E-state index contributed by atoms with van der Waals surface area (Å²) in [6.45, 7) is 6.63. The number of H-pyrrole nitrogens is 1.